The summed E-state index contributed by atoms with van der Waals surface area (Å²) in [6, 6.07) is 4.31. The maximum absolute atomic E-state index is 5.31. The van der Waals surface area contributed by atoms with Gasteiger partial charge >= 0.3 is 0 Å². The zero-order chi connectivity index (χ0) is 12.0. The third-order valence-corrected chi connectivity index (χ3v) is 2.56. The number of rotatable bonds is 6. The zero-order valence-corrected chi connectivity index (χ0v) is 10.1. The van der Waals surface area contributed by atoms with Crippen LogP contribution in [0.2, 0.25) is 0 Å². The summed E-state index contributed by atoms with van der Waals surface area (Å²) in [6.07, 6.45) is 1.75. The molecule has 0 amide bonds. The van der Waals surface area contributed by atoms with E-state index in [9.17, 15) is 0 Å². The molecule has 3 N–H and O–H groups in total. The molecule has 1 atom stereocenters. The highest BCUT2D eigenvalue weighted by atomic mass is 16.5. The van der Waals surface area contributed by atoms with Gasteiger partial charge in [0.15, 0.2) is 0 Å². The van der Waals surface area contributed by atoms with Crippen molar-refractivity contribution in [1.82, 2.24) is 9.88 Å². The smallest absolute Gasteiger partial charge is 0.140 e. The molecule has 16 heavy (non-hydrogen) atoms. The van der Waals surface area contributed by atoms with Gasteiger partial charge in [-0.2, -0.15) is 0 Å². The fourth-order valence-corrected chi connectivity index (χ4v) is 1.46. The van der Waals surface area contributed by atoms with Gasteiger partial charge in [0.05, 0.1) is 6.61 Å². The van der Waals surface area contributed by atoms with Gasteiger partial charge in [-0.15, -0.1) is 0 Å². The molecule has 0 aromatic carbocycles. The standard InChI is InChI=1S/C11H20N4O/c1-9(8-16-3)15(2)7-10-4-5-13-11(6-10)14-12/h4-6,9H,7-8,12H2,1-3H3,(H,13,14). The Hall–Kier alpha value is -1.17. The predicted octanol–water partition coefficient (Wildman–Crippen LogP) is 0.834. The van der Waals surface area contributed by atoms with Crippen molar-refractivity contribution in [3.63, 3.8) is 0 Å². The number of likely N-dealkylation sites (N-methyl/N-ethyl adjacent to an activating group) is 1. The summed E-state index contributed by atoms with van der Waals surface area (Å²) >= 11 is 0. The van der Waals surface area contributed by atoms with Crippen LogP contribution < -0.4 is 11.3 Å². The minimum absolute atomic E-state index is 0.382. The molecule has 0 saturated carbocycles. The summed E-state index contributed by atoms with van der Waals surface area (Å²) in [4.78, 5) is 6.29. The first-order chi connectivity index (χ1) is 7.67. The number of pyridine rings is 1. The normalized spacial score (nSPS) is 12.8. The molecular weight excluding hydrogens is 204 g/mol. The van der Waals surface area contributed by atoms with E-state index in [0.717, 1.165) is 13.2 Å². The first-order valence-electron chi connectivity index (χ1n) is 5.28. The van der Waals surface area contributed by atoms with Crippen molar-refractivity contribution in [1.29, 1.82) is 0 Å². The highest BCUT2D eigenvalue weighted by molar-refractivity contribution is 5.35. The Labute approximate surface area is 96.6 Å². The van der Waals surface area contributed by atoms with Gasteiger partial charge in [0.2, 0.25) is 0 Å². The molecule has 0 aliphatic carbocycles. The Morgan fingerprint density at radius 3 is 3.00 bits per heavy atom. The maximum Gasteiger partial charge on any atom is 0.140 e. The summed E-state index contributed by atoms with van der Waals surface area (Å²) < 4.78 is 5.12. The molecule has 0 aliphatic rings. The van der Waals surface area contributed by atoms with E-state index in [1.807, 2.05) is 12.1 Å². The summed E-state index contributed by atoms with van der Waals surface area (Å²) in [5.41, 5.74) is 3.72. The van der Waals surface area contributed by atoms with Crippen molar-refractivity contribution in [2.45, 2.75) is 19.5 Å². The number of hydrogen-bond acceptors (Lipinski definition) is 5. The molecule has 1 heterocycles. The first kappa shape index (κ1) is 12.9. The lowest BCUT2D eigenvalue weighted by Crippen LogP contribution is -2.32. The van der Waals surface area contributed by atoms with Crippen LogP contribution in [0.25, 0.3) is 0 Å². The minimum atomic E-state index is 0.382. The lowest BCUT2D eigenvalue weighted by atomic mass is 10.2. The fourth-order valence-electron chi connectivity index (χ4n) is 1.46. The van der Waals surface area contributed by atoms with Crippen LogP contribution in [0.15, 0.2) is 18.3 Å². The van der Waals surface area contributed by atoms with Gasteiger partial charge in [-0.3, -0.25) is 4.90 Å². The third-order valence-electron chi connectivity index (χ3n) is 2.56. The maximum atomic E-state index is 5.31. The topological polar surface area (TPSA) is 63.4 Å². The number of aromatic nitrogens is 1. The molecule has 1 aromatic rings. The van der Waals surface area contributed by atoms with E-state index < -0.39 is 0 Å². The van der Waals surface area contributed by atoms with Crippen molar-refractivity contribution in [2.24, 2.45) is 5.84 Å². The Bertz CT molecular complexity index is 319. The molecule has 1 unspecified atom stereocenters. The van der Waals surface area contributed by atoms with E-state index >= 15 is 0 Å². The van der Waals surface area contributed by atoms with Crippen LogP contribution in [-0.2, 0) is 11.3 Å². The van der Waals surface area contributed by atoms with Gasteiger partial charge in [0.1, 0.15) is 5.82 Å². The summed E-state index contributed by atoms with van der Waals surface area (Å²) in [6.45, 7) is 3.71. The van der Waals surface area contributed by atoms with Gasteiger partial charge < -0.3 is 10.2 Å². The second-order valence-electron chi connectivity index (χ2n) is 3.91. The largest absolute Gasteiger partial charge is 0.383 e. The quantitative estimate of drug-likeness (QED) is 0.553. The van der Waals surface area contributed by atoms with Crippen LogP contribution in [0.5, 0.6) is 0 Å². The van der Waals surface area contributed by atoms with Crippen LogP contribution in [0, 0.1) is 0 Å². The predicted molar refractivity (Wildman–Crippen MR) is 64.9 cm³/mol. The van der Waals surface area contributed by atoms with Crippen LogP contribution >= 0.6 is 0 Å². The van der Waals surface area contributed by atoms with E-state index in [4.69, 9.17) is 10.6 Å². The highest BCUT2D eigenvalue weighted by Crippen LogP contribution is 2.09. The Morgan fingerprint density at radius 2 is 2.38 bits per heavy atom. The van der Waals surface area contributed by atoms with Gasteiger partial charge in [-0.25, -0.2) is 10.8 Å². The molecule has 5 heteroatoms. The molecule has 0 aliphatic heterocycles. The number of anilines is 1. The van der Waals surface area contributed by atoms with Crippen LogP contribution in [0.4, 0.5) is 5.82 Å². The summed E-state index contributed by atoms with van der Waals surface area (Å²) in [5, 5.41) is 0. The number of methoxy groups -OCH3 is 1. The Kier molecular flexibility index (Phi) is 5.18. The van der Waals surface area contributed by atoms with E-state index in [2.05, 4.69) is 29.3 Å². The number of ether oxygens (including phenoxy) is 1. The van der Waals surface area contributed by atoms with Crippen molar-refractivity contribution in [3.8, 4) is 0 Å². The average molecular weight is 224 g/mol. The molecular formula is C11H20N4O. The summed E-state index contributed by atoms with van der Waals surface area (Å²) in [5.74, 6) is 6.00. The second kappa shape index (κ2) is 6.42. The summed E-state index contributed by atoms with van der Waals surface area (Å²) in [7, 11) is 3.78. The SMILES string of the molecule is COCC(C)N(C)Cc1ccnc(NN)c1. The lowest BCUT2D eigenvalue weighted by Gasteiger charge is -2.24. The van der Waals surface area contributed by atoms with Crippen LogP contribution in [0.1, 0.15) is 12.5 Å². The minimum Gasteiger partial charge on any atom is -0.383 e. The molecule has 1 rings (SSSR count). The molecule has 0 fully saturated rings. The molecule has 90 valence electrons. The van der Waals surface area contributed by atoms with E-state index in [0.29, 0.717) is 11.9 Å². The van der Waals surface area contributed by atoms with Crippen molar-refractivity contribution < 1.29 is 4.74 Å². The Balaban J connectivity index is 2.58. The van der Waals surface area contributed by atoms with Gasteiger partial charge in [0, 0.05) is 25.9 Å². The molecule has 5 nitrogen and oxygen atoms in total. The van der Waals surface area contributed by atoms with Crippen molar-refractivity contribution in [2.75, 3.05) is 26.2 Å². The number of hydrogen-bond donors (Lipinski definition) is 2. The van der Waals surface area contributed by atoms with Crippen molar-refractivity contribution in [3.05, 3.63) is 23.9 Å². The van der Waals surface area contributed by atoms with Crippen molar-refractivity contribution >= 4 is 5.82 Å². The number of nitrogen functional groups attached to an aromatic ring is 1. The number of nitrogens with one attached hydrogen (secondary N) is 1. The average Bonchev–Trinajstić information content (AvgIpc) is 2.29. The number of nitrogens with two attached hydrogens (primary N) is 1. The molecule has 0 saturated heterocycles. The molecule has 1 aromatic heterocycles. The molecule has 0 spiro atoms. The monoisotopic (exact) mass is 224 g/mol. The van der Waals surface area contributed by atoms with E-state index in [-0.39, 0.29) is 0 Å². The van der Waals surface area contributed by atoms with Gasteiger partial charge in [-0.1, -0.05) is 0 Å². The third kappa shape index (κ3) is 3.77. The Morgan fingerprint density at radius 1 is 1.62 bits per heavy atom. The van der Waals surface area contributed by atoms with E-state index in [1.54, 1.807) is 13.3 Å². The van der Waals surface area contributed by atoms with Crippen LogP contribution in [0.3, 0.4) is 0 Å². The van der Waals surface area contributed by atoms with E-state index in [1.165, 1.54) is 5.56 Å². The molecule has 0 radical (unpaired) electrons. The molecule has 0 bridgehead atoms. The zero-order valence-electron chi connectivity index (χ0n) is 10.1. The fraction of sp³-hybridized carbons (Fsp3) is 0.545. The lowest BCUT2D eigenvalue weighted by molar-refractivity contribution is 0.112. The van der Waals surface area contributed by atoms with Gasteiger partial charge in [-0.05, 0) is 31.7 Å². The second-order valence-corrected chi connectivity index (χ2v) is 3.91. The number of hydrazine groups is 1. The number of nitrogens with zero attached hydrogens (tertiary/aromatic N) is 2. The van der Waals surface area contributed by atoms with Crippen LogP contribution in [-0.4, -0.2) is 36.7 Å². The highest BCUT2D eigenvalue weighted by Gasteiger charge is 2.09. The van der Waals surface area contributed by atoms with Gasteiger partial charge in [0.25, 0.3) is 0 Å². The first-order valence-corrected chi connectivity index (χ1v) is 5.28.